The van der Waals surface area contributed by atoms with Gasteiger partial charge in [0, 0.05) is 39.9 Å². The van der Waals surface area contributed by atoms with Gasteiger partial charge in [0.05, 0.1) is 7.11 Å². The predicted octanol–water partition coefficient (Wildman–Crippen LogP) is 2.94. The number of ether oxygens (including phenoxy) is 2. The number of hydrogen-bond donors (Lipinski definition) is 0. The Kier molecular flexibility index (Phi) is 8.02. The van der Waals surface area contributed by atoms with E-state index >= 15 is 0 Å². The average Bonchev–Trinajstić information content (AvgIpc) is 3.11. The standard InChI is InChI=1S/C20H27F2N3O5S/c1-6-25(7-2)31(27,28)15-11-16(23(3)13-15)19(26)24(4)12-14-8-9-17(30-20(21)22)18(10-14)29-5/h8-11,13,20H,6-7,12H2,1-5H3. The molecule has 8 nitrogen and oxygen atoms in total. The first-order valence-corrected chi connectivity index (χ1v) is 11.0. The number of nitrogens with zero attached hydrogens (tertiary/aromatic N) is 3. The number of benzene rings is 1. The lowest BCUT2D eigenvalue weighted by Crippen LogP contribution is -2.30. The smallest absolute Gasteiger partial charge is 0.387 e. The van der Waals surface area contributed by atoms with E-state index in [1.807, 2.05) is 0 Å². The van der Waals surface area contributed by atoms with Crippen LogP contribution in [0.5, 0.6) is 11.5 Å². The third kappa shape index (κ3) is 5.53. The molecule has 0 saturated carbocycles. The molecular formula is C20H27F2N3O5S. The van der Waals surface area contributed by atoms with E-state index in [2.05, 4.69) is 4.74 Å². The van der Waals surface area contributed by atoms with Gasteiger partial charge in [-0.2, -0.15) is 13.1 Å². The Morgan fingerprint density at radius 3 is 2.35 bits per heavy atom. The minimum Gasteiger partial charge on any atom is -0.493 e. The van der Waals surface area contributed by atoms with Crippen LogP contribution in [0, 0.1) is 0 Å². The van der Waals surface area contributed by atoms with Crippen molar-refractivity contribution in [3.05, 3.63) is 41.7 Å². The maximum atomic E-state index is 12.9. The third-order valence-electron chi connectivity index (χ3n) is 4.75. The normalized spacial score (nSPS) is 11.8. The van der Waals surface area contributed by atoms with Gasteiger partial charge in [-0.3, -0.25) is 4.79 Å². The molecule has 11 heteroatoms. The Labute approximate surface area is 181 Å². The molecule has 0 spiro atoms. The lowest BCUT2D eigenvalue weighted by molar-refractivity contribution is -0.0512. The fraction of sp³-hybridized carbons (Fsp3) is 0.450. The van der Waals surface area contributed by atoms with Crippen LogP contribution in [0.1, 0.15) is 29.9 Å². The quantitative estimate of drug-likeness (QED) is 0.546. The summed E-state index contributed by atoms with van der Waals surface area (Å²) < 4.78 is 62.7. The van der Waals surface area contributed by atoms with Crippen LogP contribution < -0.4 is 9.47 Å². The van der Waals surface area contributed by atoms with E-state index in [9.17, 15) is 22.0 Å². The van der Waals surface area contributed by atoms with Crippen LogP contribution >= 0.6 is 0 Å². The van der Waals surface area contributed by atoms with E-state index in [-0.39, 0.29) is 28.6 Å². The Morgan fingerprint density at radius 1 is 1.16 bits per heavy atom. The summed E-state index contributed by atoms with van der Waals surface area (Å²) >= 11 is 0. The molecule has 0 radical (unpaired) electrons. The maximum Gasteiger partial charge on any atom is 0.387 e. The van der Waals surface area contributed by atoms with Crippen molar-refractivity contribution in [2.75, 3.05) is 27.2 Å². The number of amides is 1. The first-order chi connectivity index (χ1) is 14.5. The summed E-state index contributed by atoms with van der Waals surface area (Å²) in [4.78, 5) is 14.4. The summed E-state index contributed by atoms with van der Waals surface area (Å²) in [7, 11) is 0.791. The van der Waals surface area contributed by atoms with Gasteiger partial charge in [0.2, 0.25) is 10.0 Å². The third-order valence-corrected chi connectivity index (χ3v) is 6.77. The van der Waals surface area contributed by atoms with Crippen molar-refractivity contribution in [2.45, 2.75) is 31.9 Å². The van der Waals surface area contributed by atoms with Crippen LogP contribution in [0.3, 0.4) is 0 Å². The zero-order chi connectivity index (χ0) is 23.3. The maximum absolute atomic E-state index is 12.9. The molecule has 2 rings (SSSR count). The first kappa shape index (κ1) is 24.6. The largest absolute Gasteiger partial charge is 0.493 e. The molecule has 172 valence electrons. The lowest BCUT2D eigenvalue weighted by Gasteiger charge is -2.19. The molecule has 0 saturated heterocycles. The van der Waals surface area contributed by atoms with Gasteiger partial charge in [-0.1, -0.05) is 19.9 Å². The number of aryl methyl sites for hydroxylation is 1. The van der Waals surface area contributed by atoms with Crippen molar-refractivity contribution in [1.82, 2.24) is 13.8 Å². The average molecular weight is 460 g/mol. The van der Waals surface area contributed by atoms with Gasteiger partial charge in [-0.25, -0.2) is 8.42 Å². The molecule has 1 aromatic heterocycles. The summed E-state index contributed by atoms with van der Waals surface area (Å²) in [5.41, 5.74) is 0.831. The van der Waals surface area contributed by atoms with Crippen molar-refractivity contribution >= 4 is 15.9 Å². The Hall–Kier alpha value is -2.66. The van der Waals surface area contributed by atoms with Crippen molar-refractivity contribution in [3.8, 4) is 11.5 Å². The van der Waals surface area contributed by atoms with Crippen molar-refractivity contribution in [1.29, 1.82) is 0 Å². The highest BCUT2D eigenvalue weighted by atomic mass is 32.2. The molecule has 0 aliphatic rings. The fourth-order valence-corrected chi connectivity index (χ4v) is 4.68. The molecule has 31 heavy (non-hydrogen) atoms. The molecule has 0 bridgehead atoms. The zero-order valence-electron chi connectivity index (χ0n) is 18.1. The summed E-state index contributed by atoms with van der Waals surface area (Å²) in [5, 5.41) is 0. The van der Waals surface area contributed by atoms with Crippen molar-refractivity contribution in [2.24, 2.45) is 7.05 Å². The highest BCUT2D eigenvalue weighted by Crippen LogP contribution is 2.30. The molecule has 0 unspecified atom stereocenters. The lowest BCUT2D eigenvalue weighted by atomic mass is 10.2. The van der Waals surface area contributed by atoms with Crippen LogP contribution in [0.2, 0.25) is 0 Å². The van der Waals surface area contributed by atoms with Crippen LogP contribution in [0.4, 0.5) is 8.78 Å². The van der Waals surface area contributed by atoms with Crippen LogP contribution in [0.25, 0.3) is 0 Å². The molecule has 2 aromatic rings. The summed E-state index contributed by atoms with van der Waals surface area (Å²) in [6, 6.07) is 5.75. The fourth-order valence-electron chi connectivity index (χ4n) is 3.15. The second-order valence-corrected chi connectivity index (χ2v) is 8.72. The zero-order valence-corrected chi connectivity index (χ0v) is 18.9. The molecule has 1 amide bonds. The minimum absolute atomic E-state index is 0.0469. The van der Waals surface area contributed by atoms with Gasteiger partial charge >= 0.3 is 6.61 Å². The van der Waals surface area contributed by atoms with Crippen LogP contribution in [-0.4, -0.2) is 62.0 Å². The van der Waals surface area contributed by atoms with Gasteiger partial charge in [-0.05, 0) is 23.8 Å². The summed E-state index contributed by atoms with van der Waals surface area (Å²) in [6.07, 6.45) is 1.41. The molecule has 0 N–H and O–H groups in total. The van der Waals surface area contributed by atoms with E-state index < -0.39 is 22.5 Å². The summed E-state index contributed by atoms with van der Waals surface area (Å²) in [6.45, 7) is 1.30. The highest BCUT2D eigenvalue weighted by Gasteiger charge is 2.26. The molecule has 1 aromatic carbocycles. The van der Waals surface area contributed by atoms with Crippen LogP contribution in [0.15, 0.2) is 35.4 Å². The second kappa shape index (κ2) is 10.1. The number of carbonyl (C=O) groups excluding carboxylic acids is 1. The van der Waals surface area contributed by atoms with Gasteiger partial charge in [0.15, 0.2) is 11.5 Å². The second-order valence-electron chi connectivity index (χ2n) is 6.79. The number of hydrogen-bond acceptors (Lipinski definition) is 5. The van der Waals surface area contributed by atoms with E-state index in [4.69, 9.17) is 4.74 Å². The van der Waals surface area contributed by atoms with Crippen LogP contribution in [-0.2, 0) is 23.6 Å². The first-order valence-electron chi connectivity index (χ1n) is 9.58. The van der Waals surface area contributed by atoms with E-state index in [0.717, 1.165) is 0 Å². The molecule has 0 fully saturated rings. The molecule has 0 aliphatic carbocycles. The summed E-state index contributed by atoms with van der Waals surface area (Å²) in [5.74, 6) is -0.385. The molecule has 1 heterocycles. The van der Waals surface area contributed by atoms with Crippen molar-refractivity contribution in [3.63, 3.8) is 0 Å². The van der Waals surface area contributed by atoms with E-state index in [1.54, 1.807) is 34.0 Å². The topological polar surface area (TPSA) is 81.1 Å². The van der Waals surface area contributed by atoms with Crippen molar-refractivity contribution < 1.29 is 31.5 Å². The van der Waals surface area contributed by atoms with E-state index in [1.165, 1.54) is 45.3 Å². The van der Waals surface area contributed by atoms with Gasteiger partial charge in [-0.15, -0.1) is 0 Å². The van der Waals surface area contributed by atoms with Gasteiger partial charge in [0.25, 0.3) is 5.91 Å². The molecule has 0 atom stereocenters. The predicted molar refractivity (Wildman–Crippen MR) is 111 cm³/mol. The number of halogens is 2. The SMILES string of the molecule is CCN(CC)S(=O)(=O)c1cc(C(=O)N(C)Cc2ccc(OC(F)F)c(OC)c2)n(C)c1. The molecule has 0 aliphatic heterocycles. The number of alkyl halides is 2. The van der Waals surface area contributed by atoms with Gasteiger partial charge < -0.3 is 18.9 Å². The number of sulfonamides is 1. The van der Waals surface area contributed by atoms with E-state index in [0.29, 0.717) is 18.7 Å². The minimum atomic E-state index is -3.69. The number of rotatable bonds is 10. The number of aromatic nitrogens is 1. The Morgan fingerprint density at radius 2 is 1.81 bits per heavy atom. The Balaban J connectivity index is 2.24. The monoisotopic (exact) mass is 459 g/mol. The number of methoxy groups -OCH3 is 1. The number of carbonyl (C=O) groups is 1. The van der Waals surface area contributed by atoms with Gasteiger partial charge in [0.1, 0.15) is 10.6 Å². The molecular weight excluding hydrogens is 432 g/mol. The highest BCUT2D eigenvalue weighted by molar-refractivity contribution is 7.89. The Bertz CT molecular complexity index is 1020.